The van der Waals surface area contributed by atoms with E-state index >= 15 is 0 Å². The van der Waals surface area contributed by atoms with Gasteiger partial charge in [0.25, 0.3) is 0 Å². The molecule has 0 aromatic carbocycles. The lowest BCUT2D eigenvalue weighted by Crippen LogP contribution is -2.15. The van der Waals surface area contributed by atoms with E-state index in [2.05, 4.69) is 28.9 Å². The Morgan fingerprint density at radius 2 is 2.39 bits per heavy atom. The molecule has 0 radical (unpaired) electrons. The monoisotopic (exact) mass is 261 g/mol. The van der Waals surface area contributed by atoms with Crippen molar-refractivity contribution in [2.24, 2.45) is 5.73 Å². The Morgan fingerprint density at radius 1 is 1.50 bits per heavy atom. The highest BCUT2D eigenvalue weighted by atomic mass is 32.1. The van der Waals surface area contributed by atoms with Gasteiger partial charge in [0.15, 0.2) is 0 Å². The van der Waals surface area contributed by atoms with Crippen molar-refractivity contribution in [2.45, 2.75) is 45.2 Å². The average Bonchev–Trinajstić information content (AvgIpc) is 2.93. The molecule has 0 spiro atoms. The van der Waals surface area contributed by atoms with Crippen LogP contribution in [0.1, 0.15) is 40.6 Å². The van der Waals surface area contributed by atoms with Crippen LogP contribution in [0.4, 0.5) is 0 Å². The SMILES string of the molecule is Cc1ncsc1CCn1cc2c(c1)C(N)CCC2. The van der Waals surface area contributed by atoms with Crippen molar-refractivity contribution in [3.63, 3.8) is 0 Å². The Labute approximate surface area is 112 Å². The van der Waals surface area contributed by atoms with Gasteiger partial charge in [-0.15, -0.1) is 11.3 Å². The number of aryl methyl sites for hydroxylation is 4. The molecule has 2 aromatic heterocycles. The maximum absolute atomic E-state index is 6.15. The largest absolute Gasteiger partial charge is 0.353 e. The van der Waals surface area contributed by atoms with Crippen LogP contribution in [0.3, 0.4) is 0 Å². The van der Waals surface area contributed by atoms with E-state index in [0.717, 1.165) is 19.4 Å². The lowest BCUT2D eigenvalue weighted by atomic mass is 9.92. The Morgan fingerprint density at radius 3 is 3.11 bits per heavy atom. The summed E-state index contributed by atoms with van der Waals surface area (Å²) in [5.74, 6) is 0. The number of aromatic nitrogens is 2. The highest BCUT2D eigenvalue weighted by Crippen LogP contribution is 2.28. The molecule has 2 aromatic rings. The van der Waals surface area contributed by atoms with Crippen molar-refractivity contribution in [3.8, 4) is 0 Å². The molecule has 0 saturated carbocycles. The Bertz CT molecular complexity index is 541. The minimum absolute atomic E-state index is 0.250. The lowest BCUT2D eigenvalue weighted by molar-refractivity contribution is 0.573. The predicted molar refractivity (Wildman–Crippen MR) is 74.9 cm³/mol. The Hall–Kier alpha value is -1.13. The maximum Gasteiger partial charge on any atom is 0.0797 e. The molecule has 3 rings (SSSR count). The zero-order chi connectivity index (χ0) is 12.5. The second kappa shape index (κ2) is 4.86. The molecule has 4 heteroatoms. The normalized spacial score (nSPS) is 18.9. The van der Waals surface area contributed by atoms with Crippen LogP contribution in [0.25, 0.3) is 0 Å². The van der Waals surface area contributed by atoms with Gasteiger partial charge in [0, 0.05) is 36.3 Å². The molecule has 1 atom stereocenters. The van der Waals surface area contributed by atoms with Gasteiger partial charge in [0.05, 0.1) is 11.2 Å². The van der Waals surface area contributed by atoms with Gasteiger partial charge in [-0.05, 0) is 37.3 Å². The average molecular weight is 261 g/mol. The van der Waals surface area contributed by atoms with E-state index in [-0.39, 0.29) is 6.04 Å². The fourth-order valence-corrected chi connectivity index (χ4v) is 3.48. The van der Waals surface area contributed by atoms with Crippen molar-refractivity contribution in [3.05, 3.63) is 39.6 Å². The summed E-state index contributed by atoms with van der Waals surface area (Å²) in [6, 6.07) is 0.250. The molecule has 1 unspecified atom stereocenters. The summed E-state index contributed by atoms with van der Waals surface area (Å²) in [5.41, 5.74) is 12.1. The fourth-order valence-electron chi connectivity index (χ4n) is 2.71. The van der Waals surface area contributed by atoms with Gasteiger partial charge >= 0.3 is 0 Å². The zero-order valence-corrected chi connectivity index (χ0v) is 11.5. The first kappa shape index (κ1) is 11.9. The molecular formula is C14H19N3S. The smallest absolute Gasteiger partial charge is 0.0797 e. The summed E-state index contributed by atoms with van der Waals surface area (Å²) in [6.45, 7) is 3.12. The molecule has 2 heterocycles. The third-order valence-electron chi connectivity index (χ3n) is 3.80. The molecule has 0 aliphatic heterocycles. The molecule has 96 valence electrons. The molecule has 1 aliphatic carbocycles. The van der Waals surface area contributed by atoms with Crippen LogP contribution >= 0.6 is 11.3 Å². The molecule has 0 bridgehead atoms. The topological polar surface area (TPSA) is 43.8 Å². The van der Waals surface area contributed by atoms with Gasteiger partial charge in [-0.2, -0.15) is 0 Å². The van der Waals surface area contributed by atoms with Crippen molar-refractivity contribution in [1.29, 1.82) is 0 Å². The van der Waals surface area contributed by atoms with E-state index in [9.17, 15) is 0 Å². The number of rotatable bonds is 3. The summed E-state index contributed by atoms with van der Waals surface area (Å²) < 4.78 is 2.30. The third-order valence-corrected chi connectivity index (χ3v) is 4.79. The first-order chi connectivity index (χ1) is 8.74. The second-order valence-electron chi connectivity index (χ2n) is 5.09. The van der Waals surface area contributed by atoms with Crippen LogP contribution in [0.2, 0.25) is 0 Å². The van der Waals surface area contributed by atoms with Gasteiger partial charge in [-0.1, -0.05) is 0 Å². The maximum atomic E-state index is 6.15. The van der Waals surface area contributed by atoms with Crippen LogP contribution in [0.5, 0.6) is 0 Å². The molecule has 2 N–H and O–H groups in total. The third kappa shape index (κ3) is 2.22. The minimum atomic E-state index is 0.250. The lowest BCUT2D eigenvalue weighted by Gasteiger charge is -2.17. The van der Waals surface area contributed by atoms with Crippen LogP contribution in [0, 0.1) is 6.92 Å². The van der Waals surface area contributed by atoms with Crippen LogP contribution in [-0.4, -0.2) is 9.55 Å². The van der Waals surface area contributed by atoms with E-state index in [1.54, 1.807) is 11.3 Å². The number of hydrogen-bond acceptors (Lipinski definition) is 3. The van der Waals surface area contributed by atoms with E-state index < -0.39 is 0 Å². The zero-order valence-electron chi connectivity index (χ0n) is 10.7. The van der Waals surface area contributed by atoms with E-state index in [1.165, 1.54) is 34.5 Å². The summed E-state index contributed by atoms with van der Waals surface area (Å²) in [6.07, 6.45) is 9.15. The number of nitrogens with two attached hydrogens (primary N) is 1. The van der Waals surface area contributed by atoms with E-state index in [1.807, 2.05) is 5.51 Å². The first-order valence-corrected chi connectivity index (χ1v) is 7.45. The van der Waals surface area contributed by atoms with Crippen LogP contribution in [-0.2, 0) is 19.4 Å². The van der Waals surface area contributed by atoms with Crippen molar-refractivity contribution < 1.29 is 0 Å². The molecule has 18 heavy (non-hydrogen) atoms. The van der Waals surface area contributed by atoms with Crippen molar-refractivity contribution in [1.82, 2.24) is 9.55 Å². The van der Waals surface area contributed by atoms with Gasteiger partial charge in [0.2, 0.25) is 0 Å². The van der Waals surface area contributed by atoms with E-state index in [0.29, 0.717) is 0 Å². The molecule has 3 nitrogen and oxygen atoms in total. The molecule has 1 aliphatic rings. The second-order valence-corrected chi connectivity index (χ2v) is 6.03. The van der Waals surface area contributed by atoms with Crippen LogP contribution in [0.15, 0.2) is 17.9 Å². The van der Waals surface area contributed by atoms with Crippen molar-refractivity contribution >= 4 is 11.3 Å². The summed E-state index contributed by atoms with van der Waals surface area (Å²) in [5, 5.41) is 0. The predicted octanol–water partition coefficient (Wildman–Crippen LogP) is 2.83. The number of thiazole rings is 1. The molecule has 0 saturated heterocycles. The highest BCUT2D eigenvalue weighted by Gasteiger charge is 2.18. The summed E-state index contributed by atoms with van der Waals surface area (Å²) in [7, 11) is 0. The molecule has 0 fully saturated rings. The van der Waals surface area contributed by atoms with Gasteiger partial charge in [-0.3, -0.25) is 0 Å². The highest BCUT2D eigenvalue weighted by molar-refractivity contribution is 7.09. The Kier molecular flexibility index (Phi) is 3.22. The number of hydrogen-bond donors (Lipinski definition) is 1. The quantitative estimate of drug-likeness (QED) is 0.923. The summed E-state index contributed by atoms with van der Waals surface area (Å²) in [4.78, 5) is 5.69. The fraction of sp³-hybridized carbons (Fsp3) is 0.500. The van der Waals surface area contributed by atoms with Gasteiger partial charge in [-0.25, -0.2) is 4.98 Å². The Balaban J connectivity index is 1.72. The number of fused-ring (bicyclic) bond motifs is 1. The van der Waals surface area contributed by atoms with Gasteiger partial charge in [0.1, 0.15) is 0 Å². The van der Waals surface area contributed by atoms with Crippen LogP contribution < -0.4 is 5.73 Å². The molecular weight excluding hydrogens is 242 g/mol. The van der Waals surface area contributed by atoms with Gasteiger partial charge < -0.3 is 10.3 Å². The number of nitrogens with zero attached hydrogens (tertiary/aromatic N) is 2. The standard InChI is InChI=1S/C14H19N3S/c1-10-14(18-9-16-10)5-6-17-7-11-3-2-4-13(15)12(11)8-17/h7-9,13H,2-6,15H2,1H3. The first-order valence-electron chi connectivity index (χ1n) is 6.57. The summed E-state index contributed by atoms with van der Waals surface area (Å²) >= 11 is 1.76. The van der Waals surface area contributed by atoms with E-state index in [4.69, 9.17) is 5.73 Å². The van der Waals surface area contributed by atoms with Crippen molar-refractivity contribution in [2.75, 3.05) is 0 Å². The minimum Gasteiger partial charge on any atom is -0.353 e. The molecule has 0 amide bonds.